The van der Waals surface area contributed by atoms with Gasteiger partial charge in [-0.25, -0.2) is 4.99 Å². The molecule has 0 aliphatic rings. The normalized spacial score (nSPS) is 11.0. The first-order valence-corrected chi connectivity index (χ1v) is 6.61. The second-order valence-corrected chi connectivity index (χ2v) is 4.85. The van der Waals surface area contributed by atoms with Crippen LogP contribution in [0.25, 0.3) is 16.8 Å². The minimum absolute atomic E-state index is 0.133. The zero-order valence-electron chi connectivity index (χ0n) is 12.2. The summed E-state index contributed by atoms with van der Waals surface area (Å²) in [6, 6.07) is 11.8. The van der Waals surface area contributed by atoms with E-state index in [0.717, 1.165) is 11.1 Å². The second-order valence-electron chi connectivity index (χ2n) is 4.85. The van der Waals surface area contributed by atoms with E-state index in [1.54, 1.807) is 17.4 Å². The van der Waals surface area contributed by atoms with Gasteiger partial charge in [0.15, 0.2) is 11.5 Å². The molecule has 0 spiro atoms. The number of nitriles is 1. The van der Waals surface area contributed by atoms with E-state index in [9.17, 15) is 5.26 Å². The van der Waals surface area contributed by atoms with Gasteiger partial charge in [0.05, 0.1) is 12.5 Å². The fourth-order valence-electron chi connectivity index (χ4n) is 2.02. The molecule has 0 radical (unpaired) electrons. The maximum Gasteiger partial charge on any atom is 0.207 e. The standard InChI is InChI=1S/C15H13N7/c1-21(2)10-17-15-13(8-16)19-20-14-12(9-18-22(14)15)11-6-4-3-5-7-11/h3-7,9-10H,1-2H3/b17-10+. The summed E-state index contributed by atoms with van der Waals surface area (Å²) >= 11 is 0. The van der Waals surface area contributed by atoms with Gasteiger partial charge in [0.2, 0.25) is 5.69 Å². The van der Waals surface area contributed by atoms with Gasteiger partial charge in [0, 0.05) is 19.7 Å². The van der Waals surface area contributed by atoms with Crippen molar-refractivity contribution >= 4 is 17.8 Å². The maximum absolute atomic E-state index is 9.19. The average molecular weight is 291 g/mol. The van der Waals surface area contributed by atoms with E-state index in [2.05, 4.69) is 20.3 Å². The van der Waals surface area contributed by atoms with Crippen molar-refractivity contribution in [3.8, 4) is 17.2 Å². The van der Waals surface area contributed by atoms with Crippen molar-refractivity contribution in [2.45, 2.75) is 0 Å². The fraction of sp³-hybridized carbons (Fsp3) is 0.133. The summed E-state index contributed by atoms with van der Waals surface area (Å²) < 4.78 is 1.54. The van der Waals surface area contributed by atoms with Crippen LogP contribution in [0.4, 0.5) is 5.82 Å². The molecule has 3 rings (SSSR count). The van der Waals surface area contributed by atoms with Crippen LogP contribution >= 0.6 is 0 Å². The number of benzene rings is 1. The Morgan fingerprint density at radius 1 is 1.23 bits per heavy atom. The fourth-order valence-corrected chi connectivity index (χ4v) is 2.02. The third-order valence-electron chi connectivity index (χ3n) is 3.00. The van der Waals surface area contributed by atoms with Crippen LogP contribution in [-0.2, 0) is 0 Å². The van der Waals surface area contributed by atoms with Crippen molar-refractivity contribution in [3.05, 3.63) is 42.2 Å². The number of fused-ring (bicyclic) bond motifs is 1. The molecule has 0 aliphatic carbocycles. The summed E-state index contributed by atoms with van der Waals surface area (Å²) in [7, 11) is 3.69. The molecule has 1 aromatic carbocycles. The molecular weight excluding hydrogens is 278 g/mol. The van der Waals surface area contributed by atoms with Gasteiger partial charge in [0.1, 0.15) is 6.07 Å². The summed E-state index contributed by atoms with van der Waals surface area (Å²) in [5.74, 6) is 0.364. The lowest BCUT2D eigenvalue weighted by Gasteiger charge is -2.04. The van der Waals surface area contributed by atoms with E-state index in [0.29, 0.717) is 11.5 Å². The Hall–Kier alpha value is -3.27. The number of hydrogen-bond acceptors (Lipinski definition) is 5. The van der Waals surface area contributed by atoms with Crippen molar-refractivity contribution in [1.82, 2.24) is 24.7 Å². The number of nitrogens with zero attached hydrogens (tertiary/aromatic N) is 7. The molecule has 0 amide bonds. The van der Waals surface area contributed by atoms with Crippen LogP contribution in [-0.4, -0.2) is 45.1 Å². The number of aromatic nitrogens is 4. The van der Waals surface area contributed by atoms with Crippen LogP contribution in [0, 0.1) is 11.3 Å². The highest BCUT2D eigenvalue weighted by molar-refractivity contribution is 5.78. The van der Waals surface area contributed by atoms with Crippen LogP contribution < -0.4 is 0 Å². The van der Waals surface area contributed by atoms with Gasteiger partial charge in [-0.3, -0.25) is 0 Å². The molecule has 108 valence electrons. The zero-order valence-corrected chi connectivity index (χ0v) is 12.2. The summed E-state index contributed by atoms with van der Waals surface area (Å²) in [5.41, 5.74) is 2.53. The SMILES string of the molecule is CN(C)/C=N/c1c(C#N)nnc2c(-c3ccccc3)cnn12. The average Bonchev–Trinajstić information content (AvgIpc) is 2.97. The Bertz CT molecular complexity index is 872. The van der Waals surface area contributed by atoms with Gasteiger partial charge in [0.25, 0.3) is 0 Å². The second kappa shape index (κ2) is 5.61. The Labute approximate surface area is 127 Å². The van der Waals surface area contributed by atoms with E-state index < -0.39 is 0 Å². The first-order valence-electron chi connectivity index (χ1n) is 6.61. The van der Waals surface area contributed by atoms with Gasteiger partial charge < -0.3 is 4.90 Å². The zero-order chi connectivity index (χ0) is 15.5. The highest BCUT2D eigenvalue weighted by Gasteiger charge is 2.15. The number of aliphatic imine (C=N–C) groups is 1. The minimum atomic E-state index is 0.133. The van der Waals surface area contributed by atoms with E-state index >= 15 is 0 Å². The van der Waals surface area contributed by atoms with Crippen LogP contribution in [0.1, 0.15) is 5.69 Å². The van der Waals surface area contributed by atoms with Crippen molar-refractivity contribution in [3.63, 3.8) is 0 Å². The molecule has 7 heteroatoms. The lowest BCUT2D eigenvalue weighted by atomic mass is 10.1. The molecular formula is C15H13N7. The molecule has 0 saturated carbocycles. The number of rotatable bonds is 3. The van der Waals surface area contributed by atoms with Gasteiger partial charge in [-0.05, 0) is 5.56 Å². The Kier molecular flexibility index (Phi) is 3.50. The van der Waals surface area contributed by atoms with Crippen molar-refractivity contribution in [1.29, 1.82) is 5.26 Å². The molecule has 0 saturated heterocycles. The summed E-state index contributed by atoms with van der Waals surface area (Å²) in [4.78, 5) is 6.06. The molecule has 0 N–H and O–H groups in total. The third kappa shape index (κ3) is 2.38. The van der Waals surface area contributed by atoms with Crippen LogP contribution in [0.5, 0.6) is 0 Å². The quantitative estimate of drug-likeness (QED) is 0.543. The molecule has 0 bridgehead atoms. The summed E-state index contributed by atoms with van der Waals surface area (Å²) in [6.07, 6.45) is 3.30. The van der Waals surface area contributed by atoms with Crippen molar-refractivity contribution in [2.75, 3.05) is 14.1 Å². The Balaban J connectivity index is 2.22. The molecule has 2 aromatic heterocycles. The molecule has 0 atom stereocenters. The smallest absolute Gasteiger partial charge is 0.207 e. The first-order chi connectivity index (χ1) is 10.7. The topological polar surface area (TPSA) is 82.5 Å². The van der Waals surface area contributed by atoms with Crippen LogP contribution in [0.2, 0.25) is 0 Å². The van der Waals surface area contributed by atoms with Crippen LogP contribution in [0.3, 0.4) is 0 Å². The molecule has 0 unspecified atom stereocenters. The van der Waals surface area contributed by atoms with E-state index in [4.69, 9.17) is 0 Å². The minimum Gasteiger partial charge on any atom is -0.369 e. The van der Waals surface area contributed by atoms with Crippen molar-refractivity contribution in [2.24, 2.45) is 4.99 Å². The highest BCUT2D eigenvalue weighted by Crippen LogP contribution is 2.26. The largest absolute Gasteiger partial charge is 0.369 e. The monoisotopic (exact) mass is 291 g/mol. The Morgan fingerprint density at radius 2 is 2.00 bits per heavy atom. The lowest BCUT2D eigenvalue weighted by Crippen LogP contribution is -2.08. The lowest BCUT2D eigenvalue weighted by molar-refractivity contribution is 0.642. The summed E-state index contributed by atoms with van der Waals surface area (Å²) in [5, 5.41) is 21.6. The molecule has 0 fully saturated rings. The summed E-state index contributed by atoms with van der Waals surface area (Å²) in [6.45, 7) is 0. The Morgan fingerprint density at radius 3 is 2.68 bits per heavy atom. The van der Waals surface area contributed by atoms with E-state index in [-0.39, 0.29) is 5.69 Å². The van der Waals surface area contributed by atoms with Gasteiger partial charge in [-0.15, -0.1) is 10.2 Å². The first kappa shape index (κ1) is 13.7. The predicted octanol–water partition coefficient (Wildman–Crippen LogP) is 1.88. The van der Waals surface area contributed by atoms with Gasteiger partial charge in [-0.2, -0.15) is 14.9 Å². The molecule has 0 aliphatic heterocycles. The molecule has 7 nitrogen and oxygen atoms in total. The third-order valence-corrected chi connectivity index (χ3v) is 3.00. The van der Waals surface area contributed by atoms with Crippen LogP contribution in [0.15, 0.2) is 41.5 Å². The number of hydrogen-bond donors (Lipinski definition) is 0. The maximum atomic E-state index is 9.19. The molecule has 2 heterocycles. The molecule has 3 aromatic rings. The highest BCUT2D eigenvalue weighted by atomic mass is 15.3. The van der Waals surface area contributed by atoms with Gasteiger partial charge in [-0.1, -0.05) is 30.3 Å². The van der Waals surface area contributed by atoms with E-state index in [1.807, 2.05) is 50.5 Å². The van der Waals surface area contributed by atoms with Gasteiger partial charge >= 0.3 is 0 Å². The predicted molar refractivity (Wildman–Crippen MR) is 82.8 cm³/mol. The van der Waals surface area contributed by atoms with Crippen molar-refractivity contribution < 1.29 is 0 Å². The molecule has 22 heavy (non-hydrogen) atoms. The van der Waals surface area contributed by atoms with E-state index in [1.165, 1.54) is 4.52 Å².